The smallest absolute Gasteiger partial charge is 0.255 e. The molecule has 2 aromatic carbocycles. The van der Waals surface area contributed by atoms with E-state index >= 15 is 0 Å². The molecule has 3 nitrogen and oxygen atoms in total. The van der Waals surface area contributed by atoms with Crippen LogP contribution in [0.3, 0.4) is 0 Å². The molecular formula is C23H26N2O. The van der Waals surface area contributed by atoms with Gasteiger partial charge in [-0.3, -0.25) is 4.79 Å². The van der Waals surface area contributed by atoms with E-state index in [9.17, 15) is 4.79 Å². The van der Waals surface area contributed by atoms with Gasteiger partial charge in [0.15, 0.2) is 0 Å². The van der Waals surface area contributed by atoms with Gasteiger partial charge in [-0.15, -0.1) is 0 Å². The summed E-state index contributed by atoms with van der Waals surface area (Å²) in [7, 11) is 0. The first-order valence-corrected chi connectivity index (χ1v) is 8.97. The normalized spacial score (nSPS) is 14.7. The zero-order valence-electron chi connectivity index (χ0n) is 16.2. The first-order valence-electron chi connectivity index (χ1n) is 8.97. The summed E-state index contributed by atoms with van der Waals surface area (Å²) < 4.78 is 0. The van der Waals surface area contributed by atoms with Crippen LogP contribution in [0.15, 0.2) is 42.5 Å². The Kier molecular flexibility index (Phi) is 4.54. The van der Waals surface area contributed by atoms with Crippen LogP contribution in [0, 0.1) is 17.3 Å². The SMILES string of the molecule is CC(C)(C)C#Cc1ccc(C(=O)Nc2ccc3c(c2)NCC3(C)C)cc1. The zero-order valence-corrected chi connectivity index (χ0v) is 16.2. The molecule has 0 bridgehead atoms. The molecular weight excluding hydrogens is 320 g/mol. The van der Waals surface area contributed by atoms with Crippen LogP contribution < -0.4 is 10.6 Å². The molecule has 1 amide bonds. The number of rotatable bonds is 2. The number of benzene rings is 2. The molecule has 3 heteroatoms. The van der Waals surface area contributed by atoms with Crippen molar-refractivity contribution in [1.29, 1.82) is 0 Å². The highest BCUT2D eigenvalue weighted by Crippen LogP contribution is 2.37. The maximum atomic E-state index is 12.5. The molecule has 0 saturated carbocycles. The average molecular weight is 346 g/mol. The summed E-state index contributed by atoms with van der Waals surface area (Å²) >= 11 is 0. The third-order valence-electron chi connectivity index (χ3n) is 4.46. The molecule has 0 aliphatic carbocycles. The molecule has 1 aliphatic rings. The minimum atomic E-state index is -0.113. The summed E-state index contributed by atoms with van der Waals surface area (Å²) in [6.45, 7) is 11.6. The molecule has 26 heavy (non-hydrogen) atoms. The Bertz CT molecular complexity index is 891. The standard InChI is InChI=1S/C23H26N2O/c1-22(2,3)13-12-16-6-8-17(9-7-16)21(26)25-18-10-11-19-20(14-18)24-15-23(19,4)5/h6-11,14,24H,15H2,1-5H3,(H,25,26). The topological polar surface area (TPSA) is 41.1 Å². The second-order valence-corrected chi connectivity index (χ2v) is 8.53. The van der Waals surface area contributed by atoms with Crippen LogP contribution in [-0.4, -0.2) is 12.5 Å². The first-order chi connectivity index (χ1) is 12.1. The fourth-order valence-electron chi connectivity index (χ4n) is 2.94. The molecule has 134 valence electrons. The second kappa shape index (κ2) is 6.53. The van der Waals surface area contributed by atoms with Crippen molar-refractivity contribution in [2.24, 2.45) is 5.41 Å². The maximum absolute atomic E-state index is 12.5. The van der Waals surface area contributed by atoms with Gasteiger partial charge in [0.1, 0.15) is 0 Å². The third kappa shape index (κ3) is 4.08. The van der Waals surface area contributed by atoms with E-state index in [4.69, 9.17) is 0 Å². The van der Waals surface area contributed by atoms with Crippen molar-refractivity contribution in [3.05, 3.63) is 59.2 Å². The van der Waals surface area contributed by atoms with Gasteiger partial charge in [0.25, 0.3) is 5.91 Å². The molecule has 2 N–H and O–H groups in total. The molecule has 1 aliphatic heterocycles. The van der Waals surface area contributed by atoms with Crippen molar-refractivity contribution in [3.63, 3.8) is 0 Å². The van der Waals surface area contributed by atoms with Crippen molar-refractivity contribution < 1.29 is 4.79 Å². The summed E-state index contributed by atoms with van der Waals surface area (Å²) in [5.74, 6) is 6.23. The number of amides is 1. The molecule has 0 radical (unpaired) electrons. The molecule has 0 aromatic heterocycles. The number of hydrogen-bond donors (Lipinski definition) is 2. The molecule has 0 spiro atoms. The van der Waals surface area contributed by atoms with Gasteiger partial charge in [-0.05, 0) is 62.7 Å². The summed E-state index contributed by atoms with van der Waals surface area (Å²) in [5.41, 5.74) is 4.82. The Morgan fingerprint density at radius 3 is 2.46 bits per heavy atom. The summed E-state index contributed by atoms with van der Waals surface area (Å²) in [6.07, 6.45) is 0. The lowest BCUT2D eigenvalue weighted by Crippen LogP contribution is -2.18. The van der Waals surface area contributed by atoms with Crippen LogP contribution in [0.25, 0.3) is 0 Å². The monoisotopic (exact) mass is 346 g/mol. The predicted octanol–water partition coefficient (Wildman–Crippen LogP) is 5.04. The van der Waals surface area contributed by atoms with E-state index in [-0.39, 0.29) is 16.7 Å². The van der Waals surface area contributed by atoms with Gasteiger partial charge in [-0.2, -0.15) is 0 Å². The quantitative estimate of drug-likeness (QED) is 0.748. The van der Waals surface area contributed by atoms with Crippen molar-refractivity contribution in [2.45, 2.75) is 40.0 Å². The number of carbonyl (C=O) groups excluding carboxylic acids is 1. The minimum Gasteiger partial charge on any atom is -0.384 e. The van der Waals surface area contributed by atoms with E-state index in [2.05, 4.69) is 63.2 Å². The van der Waals surface area contributed by atoms with Gasteiger partial charge < -0.3 is 10.6 Å². The predicted molar refractivity (Wildman–Crippen MR) is 109 cm³/mol. The molecule has 0 atom stereocenters. The minimum absolute atomic E-state index is 0.0355. The van der Waals surface area contributed by atoms with Crippen molar-refractivity contribution >= 4 is 17.3 Å². The molecule has 2 aromatic rings. The van der Waals surface area contributed by atoms with Gasteiger partial charge >= 0.3 is 0 Å². The molecule has 0 fully saturated rings. The maximum Gasteiger partial charge on any atom is 0.255 e. The Balaban J connectivity index is 1.72. The van der Waals surface area contributed by atoms with E-state index in [0.717, 1.165) is 23.5 Å². The Morgan fingerprint density at radius 1 is 1.12 bits per heavy atom. The van der Waals surface area contributed by atoms with Crippen LogP contribution in [0.4, 0.5) is 11.4 Å². The van der Waals surface area contributed by atoms with E-state index in [1.54, 1.807) is 0 Å². The fraction of sp³-hybridized carbons (Fsp3) is 0.348. The van der Waals surface area contributed by atoms with Crippen LogP contribution in [0.1, 0.15) is 56.1 Å². The highest BCUT2D eigenvalue weighted by atomic mass is 16.1. The van der Waals surface area contributed by atoms with Gasteiger partial charge in [0.2, 0.25) is 0 Å². The molecule has 1 heterocycles. The van der Waals surface area contributed by atoms with Gasteiger partial charge in [-0.1, -0.05) is 31.8 Å². The number of carbonyl (C=O) groups is 1. The van der Waals surface area contributed by atoms with E-state index in [1.165, 1.54) is 5.56 Å². The van der Waals surface area contributed by atoms with Crippen LogP contribution in [0.5, 0.6) is 0 Å². The Morgan fingerprint density at radius 2 is 1.81 bits per heavy atom. The van der Waals surface area contributed by atoms with Crippen LogP contribution >= 0.6 is 0 Å². The van der Waals surface area contributed by atoms with Crippen LogP contribution in [0.2, 0.25) is 0 Å². The summed E-state index contributed by atoms with van der Waals surface area (Å²) in [5, 5.41) is 6.39. The van der Waals surface area contributed by atoms with Gasteiger partial charge in [-0.25, -0.2) is 0 Å². The number of hydrogen-bond acceptors (Lipinski definition) is 2. The van der Waals surface area contributed by atoms with E-state index < -0.39 is 0 Å². The molecule has 3 rings (SSSR count). The molecule has 0 saturated heterocycles. The van der Waals surface area contributed by atoms with Crippen molar-refractivity contribution in [3.8, 4) is 11.8 Å². The van der Waals surface area contributed by atoms with Gasteiger partial charge in [0.05, 0.1) is 0 Å². The zero-order chi connectivity index (χ0) is 18.9. The Hall–Kier alpha value is -2.73. The summed E-state index contributed by atoms with van der Waals surface area (Å²) in [6, 6.07) is 13.5. The van der Waals surface area contributed by atoms with E-state index in [0.29, 0.717) is 5.56 Å². The highest BCUT2D eigenvalue weighted by molar-refractivity contribution is 6.04. The van der Waals surface area contributed by atoms with E-state index in [1.807, 2.05) is 36.4 Å². The highest BCUT2D eigenvalue weighted by Gasteiger charge is 2.29. The van der Waals surface area contributed by atoms with Gasteiger partial charge in [0, 0.05) is 39.9 Å². The lowest BCUT2D eigenvalue weighted by atomic mass is 9.87. The first kappa shape index (κ1) is 18.1. The number of nitrogens with one attached hydrogen (secondary N) is 2. The fourth-order valence-corrected chi connectivity index (χ4v) is 2.94. The summed E-state index contributed by atoms with van der Waals surface area (Å²) in [4.78, 5) is 12.5. The van der Waals surface area contributed by atoms with Crippen LogP contribution in [-0.2, 0) is 5.41 Å². The van der Waals surface area contributed by atoms with Crippen molar-refractivity contribution in [2.75, 3.05) is 17.2 Å². The number of anilines is 2. The Labute approximate surface area is 156 Å². The average Bonchev–Trinajstić information content (AvgIpc) is 2.87. The third-order valence-corrected chi connectivity index (χ3v) is 4.46. The number of fused-ring (bicyclic) bond motifs is 1. The lowest BCUT2D eigenvalue weighted by Gasteiger charge is -2.17. The second-order valence-electron chi connectivity index (χ2n) is 8.53. The molecule has 0 unspecified atom stereocenters. The lowest BCUT2D eigenvalue weighted by molar-refractivity contribution is 0.102. The largest absolute Gasteiger partial charge is 0.384 e. The van der Waals surface area contributed by atoms with Crippen molar-refractivity contribution in [1.82, 2.24) is 0 Å².